The van der Waals surface area contributed by atoms with Crippen molar-refractivity contribution in [3.63, 3.8) is 0 Å². The van der Waals surface area contributed by atoms with Crippen molar-refractivity contribution in [2.75, 3.05) is 24.7 Å². The van der Waals surface area contributed by atoms with Crippen LogP contribution in [0.1, 0.15) is 42.0 Å². The van der Waals surface area contributed by atoms with E-state index in [0.717, 1.165) is 22.4 Å². The Morgan fingerprint density at radius 2 is 1.85 bits per heavy atom. The molecule has 7 nitrogen and oxygen atoms in total. The average Bonchev–Trinajstić information content (AvgIpc) is 3.61. The number of carbonyl (C=O) groups excluding carboxylic acids is 3. The van der Waals surface area contributed by atoms with Gasteiger partial charge in [0.15, 0.2) is 0 Å². The number of aryl methyl sites for hydroxylation is 2. The van der Waals surface area contributed by atoms with E-state index in [1.807, 2.05) is 62.4 Å². The molecule has 3 aliphatic rings. The number of para-hydroxylation sites is 1. The molecule has 2 aromatic rings. The summed E-state index contributed by atoms with van der Waals surface area (Å²) >= 11 is 1.59. The van der Waals surface area contributed by atoms with Crippen molar-refractivity contribution >= 4 is 35.2 Å². The van der Waals surface area contributed by atoms with Crippen molar-refractivity contribution in [1.29, 1.82) is 0 Å². The maximum atomic E-state index is 14.9. The van der Waals surface area contributed by atoms with Crippen molar-refractivity contribution in [2.24, 2.45) is 11.8 Å². The molecule has 3 aliphatic heterocycles. The number of nitrogens with zero attached hydrogens (tertiary/aromatic N) is 2. The highest BCUT2D eigenvalue weighted by Crippen LogP contribution is 2.67. The van der Waals surface area contributed by atoms with E-state index < -0.39 is 34.6 Å². The van der Waals surface area contributed by atoms with Crippen LogP contribution in [0.2, 0.25) is 0 Å². The lowest BCUT2D eigenvalue weighted by Crippen LogP contribution is -2.56. The van der Waals surface area contributed by atoms with Gasteiger partial charge in [-0.2, -0.15) is 0 Å². The van der Waals surface area contributed by atoms with Gasteiger partial charge in [-0.3, -0.25) is 14.4 Å². The van der Waals surface area contributed by atoms with Gasteiger partial charge in [0.05, 0.1) is 35.8 Å². The number of aliphatic hydroxyl groups excluding tert-OH is 1. The van der Waals surface area contributed by atoms with E-state index in [0.29, 0.717) is 19.3 Å². The van der Waals surface area contributed by atoms with Gasteiger partial charge in [-0.25, -0.2) is 0 Å². The third-order valence-electron chi connectivity index (χ3n) is 8.79. The first-order chi connectivity index (χ1) is 19.8. The van der Waals surface area contributed by atoms with Gasteiger partial charge in [-0.05, 0) is 49.8 Å². The van der Waals surface area contributed by atoms with Gasteiger partial charge < -0.3 is 19.6 Å². The van der Waals surface area contributed by atoms with Crippen molar-refractivity contribution in [3.05, 3.63) is 90.5 Å². The van der Waals surface area contributed by atoms with E-state index >= 15 is 0 Å². The lowest BCUT2D eigenvalue weighted by atomic mass is 9.71. The fourth-order valence-electron chi connectivity index (χ4n) is 7.14. The Morgan fingerprint density at radius 1 is 1.15 bits per heavy atom. The molecule has 1 spiro atoms. The normalized spacial score (nSPS) is 26.9. The second kappa shape index (κ2) is 11.9. The standard InChI is InChI=1S/C33H38N2O5S/c1-5-7-19-40-32(39)26-25-16-17-33(41-25)27(26)30(37)35(24(20-36)23-14-9-8-10-15-23)29(33)31(38)34(18-6-2)28-21(3)12-11-13-22(28)4/h5-6,8-15,24-27,29,36H,1-2,7,16-20H2,3-4H3/t24-,25-,26+,27+,29?,33?/m1/s1. The Kier molecular flexibility index (Phi) is 8.43. The summed E-state index contributed by atoms with van der Waals surface area (Å²) in [6, 6.07) is 13.6. The monoisotopic (exact) mass is 574 g/mol. The van der Waals surface area contributed by atoms with E-state index in [9.17, 15) is 19.5 Å². The zero-order chi connectivity index (χ0) is 29.3. The number of hydrogen-bond acceptors (Lipinski definition) is 6. The molecule has 0 radical (unpaired) electrons. The summed E-state index contributed by atoms with van der Waals surface area (Å²) < 4.78 is 4.80. The number of fused-ring (bicyclic) bond motifs is 1. The second-order valence-electron chi connectivity index (χ2n) is 11.1. The highest BCUT2D eigenvalue weighted by Gasteiger charge is 2.75. The van der Waals surface area contributed by atoms with E-state index in [4.69, 9.17) is 4.74 Å². The minimum absolute atomic E-state index is 0.102. The first-order valence-corrected chi connectivity index (χ1v) is 15.1. The molecule has 2 bridgehead atoms. The topological polar surface area (TPSA) is 87.1 Å². The summed E-state index contributed by atoms with van der Waals surface area (Å²) in [6.07, 6.45) is 5.26. The van der Waals surface area contributed by atoms with Gasteiger partial charge in [0.25, 0.3) is 5.91 Å². The summed E-state index contributed by atoms with van der Waals surface area (Å²) in [7, 11) is 0. The lowest BCUT2D eigenvalue weighted by molar-refractivity contribution is -0.154. The molecule has 0 aromatic heterocycles. The van der Waals surface area contributed by atoms with Crippen LogP contribution in [0, 0.1) is 25.7 Å². The molecule has 0 saturated carbocycles. The van der Waals surface area contributed by atoms with Gasteiger partial charge in [0.1, 0.15) is 6.04 Å². The maximum absolute atomic E-state index is 14.9. The van der Waals surface area contributed by atoms with Crippen LogP contribution in [-0.2, 0) is 19.1 Å². The number of ether oxygens (including phenoxy) is 1. The van der Waals surface area contributed by atoms with Gasteiger partial charge in [-0.1, -0.05) is 60.7 Å². The van der Waals surface area contributed by atoms with E-state index in [2.05, 4.69) is 13.2 Å². The quantitative estimate of drug-likeness (QED) is 0.237. The van der Waals surface area contributed by atoms with Crippen LogP contribution >= 0.6 is 11.8 Å². The van der Waals surface area contributed by atoms with E-state index in [1.54, 1.807) is 33.7 Å². The number of carbonyl (C=O) groups is 3. The van der Waals surface area contributed by atoms with Crippen LogP contribution in [0.15, 0.2) is 73.8 Å². The number of likely N-dealkylation sites (tertiary alicyclic amines) is 1. The molecule has 2 aromatic carbocycles. The summed E-state index contributed by atoms with van der Waals surface area (Å²) in [4.78, 5) is 46.2. The molecule has 2 unspecified atom stereocenters. The minimum Gasteiger partial charge on any atom is -0.465 e. The van der Waals surface area contributed by atoms with Crippen molar-refractivity contribution in [2.45, 2.75) is 55.2 Å². The maximum Gasteiger partial charge on any atom is 0.310 e. The minimum atomic E-state index is -0.878. The fraction of sp³-hybridized carbons (Fsp3) is 0.424. The van der Waals surface area contributed by atoms with Crippen LogP contribution in [0.4, 0.5) is 5.69 Å². The number of aliphatic hydroxyl groups is 1. The smallest absolute Gasteiger partial charge is 0.310 e. The van der Waals surface area contributed by atoms with Crippen molar-refractivity contribution in [3.8, 4) is 0 Å². The first kappa shape index (κ1) is 29.1. The zero-order valence-corrected chi connectivity index (χ0v) is 24.5. The highest BCUT2D eigenvalue weighted by atomic mass is 32.2. The average molecular weight is 575 g/mol. The molecule has 3 saturated heterocycles. The molecule has 3 fully saturated rings. The van der Waals surface area contributed by atoms with E-state index in [1.165, 1.54) is 0 Å². The predicted molar refractivity (Wildman–Crippen MR) is 161 cm³/mol. The largest absolute Gasteiger partial charge is 0.465 e. The van der Waals surface area contributed by atoms with Crippen LogP contribution < -0.4 is 4.90 Å². The van der Waals surface area contributed by atoms with Gasteiger partial charge in [0, 0.05) is 17.5 Å². The highest BCUT2D eigenvalue weighted by molar-refractivity contribution is 8.02. The summed E-state index contributed by atoms with van der Waals surface area (Å²) in [5.74, 6) is -2.24. The second-order valence-corrected chi connectivity index (χ2v) is 12.7. The molecule has 41 heavy (non-hydrogen) atoms. The number of anilines is 1. The van der Waals surface area contributed by atoms with Crippen LogP contribution in [0.3, 0.4) is 0 Å². The molecule has 3 heterocycles. The molecular weight excluding hydrogens is 536 g/mol. The summed E-state index contributed by atoms with van der Waals surface area (Å²) in [5, 5.41) is 10.6. The molecule has 6 atom stereocenters. The summed E-state index contributed by atoms with van der Waals surface area (Å²) in [6.45, 7) is 11.7. The first-order valence-electron chi connectivity index (χ1n) is 14.2. The van der Waals surface area contributed by atoms with E-state index in [-0.39, 0.29) is 36.8 Å². The zero-order valence-electron chi connectivity index (χ0n) is 23.7. The Bertz CT molecular complexity index is 1330. The number of benzene rings is 2. The van der Waals surface area contributed by atoms with Crippen LogP contribution in [0.5, 0.6) is 0 Å². The Morgan fingerprint density at radius 3 is 2.49 bits per heavy atom. The third-order valence-corrected chi connectivity index (χ3v) is 10.7. The fourth-order valence-corrected chi connectivity index (χ4v) is 9.33. The molecule has 1 N–H and O–H groups in total. The number of rotatable bonds is 11. The predicted octanol–water partition coefficient (Wildman–Crippen LogP) is 4.77. The van der Waals surface area contributed by atoms with Crippen LogP contribution in [0.25, 0.3) is 0 Å². The third kappa shape index (κ3) is 4.81. The Balaban J connectivity index is 1.64. The summed E-state index contributed by atoms with van der Waals surface area (Å²) in [5.41, 5.74) is 3.42. The van der Waals surface area contributed by atoms with Crippen molar-refractivity contribution in [1.82, 2.24) is 4.90 Å². The lowest BCUT2D eigenvalue weighted by Gasteiger charge is -2.40. The number of thioether (sulfide) groups is 1. The number of amides is 2. The number of esters is 1. The Hall–Kier alpha value is -3.36. The molecule has 2 amide bonds. The molecule has 0 aliphatic carbocycles. The van der Waals surface area contributed by atoms with Gasteiger partial charge in [-0.15, -0.1) is 24.9 Å². The van der Waals surface area contributed by atoms with Gasteiger partial charge in [0.2, 0.25) is 5.91 Å². The molecule has 5 rings (SSSR count). The Labute approximate surface area is 246 Å². The molecular formula is C33H38N2O5S. The van der Waals surface area contributed by atoms with Crippen LogP contribution in [-0.4, -0.2) is 63.6 Å². The SMILES string of the molecule is C=CCCOC(=O)[C@@H]1[C@H]2C(=O)N([C@H](CO)c3ccccc3)C(C(=O)N(CC=C)c3c(C)cccc3C)C23CC[C@H]1S3. The van der Waals surface area contributed by atoms with Crippen molar-refractivity contribution < 1.29 is 24.2 Å². The van der Waals surface area contributed by atoms with Gasteiger partial charge >= 0.3 is 5.97 Å². The molecule has 216 valence electrons. The molecule has 8 heteroatoms. The number of hydrogen-bond donors (Lipinski definition) is 1.